The van der Waals surface area contributed by atoms with E-state index in [0.717, 1.165) is 16.9 Å². The molecule has 2 aromatic carbocycles. The number of aliphatic carboxylic acids is 1. The predicted octanol–water partition coefficient (Wildman–Crippen LogP) is 3.48. The molecule has 0 aliphatic heterocycles. The first-order valence-electron chi connectivity index (χ1n) is 7.80. The molecule has 0 saturated carbocycles. The van der Waals surface area contributed by atoms with Crippen molar-refractivity contribution in [3.63, 3.8) is 0 Å². The third-order valence-electron chi connectivity index (χ3n) is 3.57. The third kappa shape index (κ3) is 4.91. The molecule has 0 fully saturated rings. The van der Waals surface area contributed by atoms with Crippen molar-refractivity contribution in [1.82, 2.24) is 0 Å². The van der Waals surface area contributed by atoms with Crippen molar-refractivity contribution < 1.29 is 24.1 Å². The summed E-state index contributed by atoms with van der Waals surface area (Å²) in [6.45, 7) is 2.72. The molecule has 0 aliphatic rings. The molecule has 0 aliphatic carbocycles. The van der Waals surface area contributed by atoms with Gasteiger partial charge in [-0.3, -0.25) is 4.79 Å². The van der Waals surface area contributed by atoms with Gasteiger partial charge in [-0.2, -0.15) is 0 Å². The van der Waals surface area contributed by atoms with Crippen LogP contribution in [0, 0.1) is 6.92 Å². The van der Waals surface area contributed by atoms with E-state index in [0.29, 0.717) is 31.1 Å². The van der Waals surface area contributed by atoms with Gasteiger partial charge in [0.1, 0.15) is 19.0 Å². The van der Waals surface area contributed by atoms with Crippen LogP contribution >= 0.6 is 0 Å². The standard InChI is InChI=1S/C19H22O5/c1-14-6-3-4-8-16(14)23-12-13-24-19-15(10-11-18(20)21)7-5-9-17(19)22-2/h3-9H,10-13H2,1-2H3,(H,20,21). The second-order valence-electron chi connectivity index (χ2n) is 5.30. The van der Waals surface area contributed by atoms with Crippen molar-refractivity contribution in [2.24, 2.45) is 0 Å². The van der Waals surface area contributed by atoms with Crippen LogP contribution in [0.15, 0.2) is 42.5 Å². The zero-order valence-corrected chi connectivity index (χ0v) is 14.0. The summed E-state index contributed by atoms with van der Waals surface area (Å²) in [5.74, 6) is 1.15. The van der Waals surface area contributed by atoms with E-state index in [1.165, 1.54) is 0 Å². The Bertz CT molecular complexity index is 681. The van der Waals surface area contributed by atoms with E-state index < -0.39 is 5.97 Å². The van der Waals surface area contributed by atoms with Gasteiger partial charge >= 0.3 is 5.97 Å². The number of hydrogen-bond donors (Lipinski definition) is 1. The Balaban J connectivity index is 1.97. The molecule has 0 bridgehead atoms. The molecule has 0 unspecified atom stereocenters. The molecule has 0 spiro atoms. The lowest BCUT2D eigenvalue weighted by atomic mass is 10.1. The maximum Gasteiger partial charge on any atom is 0.303 e. The minimum Gasteiger partial charge on any atom is -0.493 e. The number of carboxylic acid groups (broad SMARTS) is 1. The van der Waals surface area contributed by atoms with E-state index in [-0.39, 0.29) is 6.42 Å². The van der Waals surface area contributed by atoms with Gasteiger partial charge < -0.3 is 19.3 Å². The van der Waals surface area contributed by atoms with Crippen molar-refractivity contribution in [3.8, 4) is 17.2 Å². The zero-order chi connectivity index (χ0) is 17.4. The lowest BCUT2D eigenvalue weighted by Crippen LogP contribution is -2.11. The van der Waals surface area contributed by atoms with Gasteiger partial charge in [-0.25, -0.2) is 0 Å². The van der Waals surface area contributed by atoms with Crippen LogP contribution in [0.3, 0.4) is 0 Å². The molecular weight excluding hydrogens is 308 g/mol. The minimum absolute atomic E-state index is 0.0449. The lowest BCUT2D eigenvalue weighted by Gasteiger charge is -2.15. The monoisotopic (exact) mass is 330 g/mol. The molecule has 5 heteroatoms. The summed E-state index contributed by atoms with van der Waals surface area (Å²) in [4.78, 5) is 10.8. The molecule has 1 N–H and O–H groups in total. The highest BCUT2D eigenvalue weighted by atomic mass is 16.5. The largest absolute Gasteiger partial charge is 0.493 e. The van der Waals surface area contributed by atoms with Crippen molar-refractivity contribution in [2.75, 3.05) is 20.3 Å². The van der Waals surface area contributed by atoms with E-state index in [9.17, 15) is 4.79 Å². The molecule has 128 valence electrons. The molecule has 2 rings (SSSR count). The Kier molecular flexibility index (Phi) is 6.49. The number of benzene rings is 2. The zero-order valence-electron chi connectivity index (χ0n) is 14.0. The number of para-hydroxylation sites is 2. The van der Waals surface area contributed by atoms with Crippen molar-refractivity contribution >= 4 is 5.97 Å². The Labute approximate surface area is 141 Å². The number of carbonyl (C=O) groups is 1. The highest BCUT2D eigenvalue weighted by Gasteiger charge is 2.12. The Morgan fingerprint density at radius 3 is 2.42 bits per heavy atom. The molecular formula is C19H22O5. The summed E-state index contributed by atoms with van der Waals surface area (Å²) >= 11 is 0. The SMILES string of the molecule is COc1cccc(CCC(=O)O)c1OCCOc1ccccc1C. The van der Waals surface area contributed by atoms with E-state index >= 15 is 0 Å². The predicted molar refractivity (Wildman–Crippen MR) is 91.1 cm³/mol. The van der Waals surface area contributed by atoms with Gasteiger partial charge in [-0.15, -0.1) is 0 Å². The smallest absolute Gasteiger partial charge is 0.303 e. The van der Waals surface area contributed by atoms with E-state index in [2.05, 4.69) is 0 Å². The van der Waals surface area contributed by atoms with Crippen LogP contribution in [0.5, 0.6) is 17.2 Å². The van der Waals surface area contributed by atoms with Crippen LogP contribution in [0.25, 0.3) is 0 Å². The second kappa shape index (κ2) is 8.82. The molecule has 0 heterocycles. The number of aryl methyl sites for hydroxylation is 2. The summed E-state index contributed by atoms with van der Waals surface area (Å²) in [5, 5.41) is 8.87. The topological polar surface area (TPSA) is 65.0 Å². The molecule has 0 radical (unpaired) electrons. The number of carboxylic acids is 1. The molecule has 2 aromatic rings. The summed E-state index contributed by atoms with van der Waals surface area (Å²) in [6.07, 6.45) is 0.434. The fourth-order valence-electron chi connectivity index (χ4n) is 2.34. The fraction of sp³-hybridized carbons (Fsp3) is 0.316. The van der Waals surface area contributed by atoms with Gasteiger partial charge in [0.15, 0.2) is 11.5 Å². The van der Waals surface area contributed by atoms with Crippen LogP contribution in [0.1, 0.15) is 17.5 Å². The maximum atomic E-state index is 10.8. The molecule has 0 amide bonds. The number of hydrogen-bond acceptors (Lipinski definition) is 4. The minimum atomic E-state index is -0.841. The second-order valence-corrected chi connectivity index (χ2v) is 5.30. The van der Waals surface area contributed by atoms with Gasteiger partial charge in [0.25, 0.3) is 0 Å². The summed E-state index contributed by atoms with van der Waals surface area (Å²) < 4.78 is 16.8. The van der Waals surface area contributed by atoms with Gasteiger partial charge in [0, 0.05) is 6.42 Å². The average Bonchev–Trinajstić information content (AvgIpc) is 2.58. The van der Waals surface area contributed by atoms with Crippen LogP contribution in [0.4, 0.5) is 0 Å². The van der Waals surface area contributed by atoms with Crippen molar-refractivity contribution in [3.05, 3.63) is 53.6 Å². The van der Waals surface area contributed by atoms with E-state index in [4.69, 9.17) is 19.3 Å². The van der Waals surface area contributed by atoms with Crippen LogP contribution in [-0.2, 0) is 11.2 Å². The Hall–Kier alpha value is -2.69. The Morgan fingerprint density at radius 2 is 1.71 bits per heavy atom. The van der Waals surface area contributed by atoms with Crippen LogP contribution < -0.4 is 14.2 Å². The normalized spacial score (nSPS) is 10.2. The summed E-state index contributed by atoms with van der Waals surface area (Å²) in [7, 11) is 1.56. The summed E-state index contributed by atoms with van der Waals surface area (Å²) in [5.41, 5.74) is 1.88. The molecule has 0 atom stereocenters. The molecule has 0 aromatic heterocycles. The van der Waals surface area contributed by atoms with Crippen molar-refractivity contribution in [1.29, 1.82) is 0 Å². The van der Waals surface area contributed by atoms with Crippen molar-refractivity contribution in [2.45, 2.75) is 19.8 Å². The number of rotatable bonds is 9. The molecule has 5 nitrogen and oxygen atoms in total. The molecule has 24 heavy (non-hydrogen) atoms. The fourth-order valence-corrected chi connectivity index (χ4v) is 2.34. The Morgan fingerprint density at radius 1 is 1.00 bits per heavy atom. The first kappa shape index (κ1) is 17.7. The van der Waals surface area contributed by atoms with Crippen LogP contribution in [0.2, 0.25) is 0 Å². The van der Waals surface area contributed by atoms with E-state index in [1.54, 1.807) is 13.2 Å². The lowest BCUT2D eigenvalue weighted by molar-refractivity contribution is -0.136. The first-order chi connectivity index (χ1) is 11.6. The van der Waals surface area contributed by atoms with Gasteiger partial charge in [0.05, 0.1) is 7.11 Å². The average molecular weight is 330 g/mol. The van der Waals surface area contributed by atoms with Gasteiger partial charge in [-0.05, 0) is 36.6 Å². The summed E-state index contributed by atoms with van der Waals surface area (Å²) in [6, 6.07) is 13.3. The number of methoxy groups -OCH3 is 1. The van der Waals surface area contributed by atoms with Crippen LogP contribution in [-0.4, -0.2) is 31.4 Å². The quantitative estimate of drug-likeness (QED) is 0.713. The molecule has 0 saturated heterocycles. The third-order valence-corrected chi connectivity index (χ3v) is 3.57. The van der Waals surface area contributed by atoms with Gasteiger partial charge in [-0.1, -0.05) is 30.3 Å². The number of ether oxygens (including phenoxy) is 3. The highest BCUT2D eigenvalue weighted by Crippen LogP contribution is 2.32. The first-order valence-corrected chi connectivity index (χ1v) is 7.80. The van der Waals surface area contributed by atoms with E-state index in [1.807, 2.05) is 43.3 Å². The maximum absolute atomic E-state index is 10.8. The highest BCUT2D eigenvalue weighted by molar-refractivity contribution is 5.67. The van der Waals surface area contributed by atoms with Gasteiger partial charge in [0.2, 0.25) is 0 Å².